The Morgan fingerprint density at radius 1 is 0.839 bits per heavy atom. The maximum absolute atomic E-state index is 6.17. The fourth-order valence-corrected chi connectivity index (χ4v) is 3.32. The highest BCUT2D eigenvalue weighted by Crippen LogP contribution is 2.38. The van der Waals surface area contributed by atoms with Gasteiger partial charge in [0.2, 0.25) is 0 Å². The topological polar surface area (TPSA) is 59.3 Å². The average Bonchev–Trinajstić information content (AvgIpc) is 3.15. The van der Waals surface area contributed by atoms with Crippen molar-refractivity contribution < 1.29 is 28.1 Å². The SMILES string of the molecule is CCOCOc1cc(OCOCC)cc(-c2cc3cc4c(cc3o2)OC(C)(C)C=C4)c1. The van der Waals surface area contributed by atoms with Crippen LogP contribution in [0.2, 0.25) is 0 Å². The van der Waals surface area contributed by atoms with Gasteiger partial charge in [0.15, 0.2) is 13.6 Å². The molecular formula is C25H28O6. The average molecular weight is 424 g/mol. The van der Waals surface area contributed by atoms with Gasteiger partial charge in [0, 0.05) is 41.9 Å². The van der Waals surface area contributed by atoms with Gasteiger partial charge in [-0.3, -0.25) is 0 Å². The Labute approximate surface area is 182 Å². The third kappa shape index (κ3) is 5.03. The molecule has 2 heterocycles. The highest BCUT2D eigenvalue weighted by Gasteiger charge is 2.23. The summed E-state index contributed by atoms with van der Waals surface area (Å²) in [5.74, 6) is 2.79. The van der Waals surface area contributed by atoms with Crippen molar-refractivity contribution in [1.29, 1.82) is 0 Å². The summed E-state index contributed by atoms with van der Waals surface area (Å²) >= 11 is 0. The predicted octanol–water partition coefficient (Wildman–Crippen LogP) is 6.03. The molecule has 4 rings (SSSR count). The Bertz CT molecular complexity index is 1050. The summed E-state index contributed by atoms with van der Waals surface area (Å²) in [6.07, 6.45) is 4.15. The summed E-state index contributed by atoms with van der Waals surface area (Å²) < 4.78 is 34.3. The van der Waals surface area contributed by atoms with E-state index in [9.17, 15) is 0 Å². The number of furan rings is 1. The van der Waals surface area contributed by atoms with Crippen LogP contribution < -0.4 is 14.2 Å². The molecule has 0 atom stereocenters. The van der Waals surface area contributed by atoms with E-state index < -0.39 is 0 Å². The zero-order valence-corrected chi connectivity index (χ0v) is 18.4. The van der Waals surface area contributed by atoms with Crippen LogP contribution >= 0.6 is 0 Å². The number of hydrogen-bond donors (Lipinski definition) is 0. The molecule has 0 fully saturated rings. The minimum Gasteiger partial charge on any atom is -0.483 e. The Kier molecular flexibility index (Phi) is 6.20. The first kappa shape index (κ1) is 21.3. The van der Waals surface area contributed by atoms with Crippen molar-refractivity contribution >= 4 is 17.0 Å². The van der Waals surface area contributed by atoms with Gasteiger partial charge in [-0.1, -0.05) is 6.08 Å². The molecule has 0 amide bonds. The lowest BCUT2D eigenvalue weighted by atomic mass is 10.0. The van der Waals surface area contributed by atoms with Gasteiger partial charge in [-0.2, -0.15) is 0 Å². The van der Waals surface area contributed by atoms with E-state index in [2.05, 4.69) is 18.2 Å². The summed E-state index contributed by atoms with van der Waals surface area (Å²) in [6, 6.07) is 11.7. The van der Waals surface area contributed by atoms with E-state index in [1.807, 2.05) is 58.0 Å². The highest BCUT2D eigenvalue weighted by molar-refractivity contribution is 5.87. The number of ether oxygens (including phenoxy) is 5. The van der Waals surface area contributed by atoms with E-state index in [1.54, 1.807) is 0 Å². The van der Waals surface area contributed by atoms with E-state index in [0.29, 0.717) is 30.5 Å². The molecule has 31 heavy (non-hydrogen) atoms. The molecule has 0 radical (unpaired) electrons. The molecule has 2 aromatic carbocycles. The minimum atomic E-state index is -0.338. The number of benzene rings is 2. The van der Waals surface area contributed by atoms with E-state index in [-0.39, 0.29) is 19.2 Å². The van der Waals surface area contributed by atoms with Crippen LogP contribution in [0.1, 0.15) is 33.3 Å². The first-order chi connectivity index (χ1) is 15.0. The van der Waals surface area contributed by atoms with Crippen LogP contribution in [0.15, 0.2) is 46.9 Å². The molecule has 3 aromatic rings. The third-order valence-electron chi connectivity index (χ3n) is 4.88. The first-order valence-electron chi connectivity index (χ1n) is 10.5. The number of fused-ring (bicyclic) bond motifs is 2. The van der Waals surface area contributed by atoms with Crippen molar-refractivity contribution in [3.05, 3.63) is 48.0 Å². The predicted molar refractivity (Wildman–Crippen MR) is 120 cm³/mol. The lowest BCUT2D eigenvalue weighted by Crippen LogP contribution is -2.27. The molecule has 0 aliphatic carbocycles. The van der Waals surface area contributed by atoms with Gasteiger partial charge in [-0.15, -0.1) is 0 Å². The third-order valence-corrected chi connectivity index (χ3v) is 4.88. The number of rotatable bonds is 9. The molecule has 1 aliphatic heterocycles. The van der Waals surface area contributed by atoms with Crippen LogP contribution in [0.25, 0.3) is 28.4 Å². The molecule has 0 saturated heterocycles. The van der Waals surface area contributed by atoms with Crippen molar-refractivity contribution in [3.8, 4) is 28.6 Å². The van der Waals surface area contributed by atoms with E-state index in [0.717, 1.165) is 27.8 Å². The maximum atomic E-state index is 6.17. The quantitative estimate of drug-likeness (QED) is 0.309. The Hall–Kier alpha value is -2.96. The molecule has 0 N–H and O–H groups in total. The molecule has 0 saturated carbocycles. The van der Waals surface area contributed by atoms with Gasteiger partial charge in [0.1, 0.15) is 34.2 Å². The van der Waals surface area contributed by atoms with Crippen molar-refractivity contribution in [2.24, 2.45) is 0 Å². The van der Waals surface area contributed by atoms with Gasteiger partial charge < -0.3 is 28.1 Å². The van der Waals surface area contributed by atoms with E-state index in [4.69, 9.17) is 28.1 Å². The maximum Gasteiger partial charge on any atom is 0.189 e. The second-order valence-electron chi connectivity index (χ2n) is 7.78. The zero-order chi connectivity index (χ0) is 21.8. The largest absolute Gasteiger partial charge is 0.483 e. The van der Waals surface area contributed by atoms with Crippen molar-refractivity contribution in [3.63, 3.8) is 0 Å². The Morgan fingerprint density at radius 3 is 2.16 bits per heavy atom. The van der Waals surface area contributed by atoms with E-state index in [1.165, 1.54) is 0 Å². The zero-order valence-electron chi connectivity index (χ0n) is 18.4. The molecule has 1 aromatic heterocycles. The van der Waals surface area contributed by atoms with Crippen LogP contribution in [0.3, 0.4) is 0 Å². The van der Waals surface area contributed by atoms with Crippen LogP contribution in [0.5, 0.6) is 17.2 Å². The van der Waals surface area contributed by atoms with Crippen LogP contribution in [-0.2, 0) is 9.47 Å². The number of hydrogen-bond acceptors (Lipinski definition) is 6. The molecule has 1 aliphatic rings. The van der Waals surface area contributed by atoms with Gasteiger partial charge in [-0.25, -0.2) is 0 Å². The van der Waals surface area contributed by atoms with Crippen LogP contribution in [-0.4, -0.2) is 32.4 Å². The summed E-state index contributed by atoms with van der Waals surface area (Å²) in [6.45, 7) is 9.39. The highest BCUT2D eigenvalue weighted by atomic mass is 16.7. The smallest absolute Gasteiger partial charge is 0.189 e. The van der Waals surface area contributed by atoms with Crippen molar-refractivity contribution in [1.82, 2.24) is 0 Å². The lowest BCUT2D eigenvalue weighted by molar-refractivity contribution is 0.0182. The van der Waals surface area contributed by atoms with Gasteiger partial charge in [-0.05, 0) is 58.0 Å². The minimum absolute atomic E-state index is 0.164. The summed E-state index contributed by atoms with van der Waals surface area (Å²) in [7, 11) is 0. The molecule has 0 spiro atoms. The van der Waals surface area contributed by atoms with Gasteiger partial charge in [0.05, 0.1) is 0 Å². The standard InChI is InChI=1S/C25H28O6/c1-5-26-15-28-20-10-19(11-21(13-20)29-16-27-6-2)22-12-18-9-17-7-8-25(3,4)31-24(17)14-23(18)30-22/h7-14H,5-6,15-16H2,1-4H3. The summed E-state index contributed by atoms with van der Waals surface area (Å²) in [5, 5.41) is 0.999. The summed E-state index contributed by atoms with van der Waals surface area (Å²) in [4.78, 5) is 0. The van der Waals surface area contributed by atoms with Crippen molar-refractivity contribution in [2.45, 2.75) is 33.3 Å². The molecule has 164 valence electrons. The van der Waals surface area contributed by atoms with Gasteiger partial charge in [0.25, 0.3) is 0 Å². The van der Waals surface area contributed by atoms with Gasteiger partial charge >= 0.3 is 0 Å². The van der Waals surface area contributed by atoms with Crippen LogP contribution in [0.4, 0.5) is 0 Å². The Balaban J connectivity index is 1.67. The molecule has 0 bridgehead atoms. The normalized spacial score (nSPS) is 14.3. The second-order valence-corrected chi connectivity index (χ2v) is 7.78. The fraction of sp³-hybridized carbons (Fsp3) is 0.360. The molecule has 6 heteroatoms. The second kappa shape index (κ2) is 9.04. The van der Waals surface area contributed by atoms with Crippen molar-refractivity contribution in [2.75, 3.05) is 26.8 Å². The van der Waals surface area contributed by atoms with E-state index >= 15 is 0 Å². The summed E-state index contributed by atoms with van der Waals surface area (Å²) in [5.41, 5.74) is 2.30. The monoisotopic (exact) mass is 424 g/mol. The molecule has 6 nitrogen and oxygen atoms in total. The fourth-order valence-electron chi connectivity index (χ4n) is 3.32. The molecule has 0 unspecified atom stereocenters. The van der Waals surface area contributed by atoms with Crippen LogP contribution in [0, 0.1) is 0 Å². The molecular weight excluding hydrogens is 396 g/mol. The Morgan fingerprint density at radius 2 is 1.52 bits per heavy atom. The first-order valence-corrected chi connectivity index (χ1v) is 10.5. The lowest BCUT2D eigenvalue weighted by Gasteiger charge is -2.27.